The molecule has 0 bridgehead atoms. The monoisotopic (exact) mass is 384 g/mol. The molecule has 0 spiro atoms. The minimum atomic E-state index is -3.38. The average Bonchev–Trinajstić information content (AvgIpc) is 3.12. The smallest absolute Gasteiger partial charge is 0.252 e. The van der Waals surface area contributed by atoms with Gasteiger partial charge in [-0.05, 0) is 37.1 Å². The first-order chi connectivity index (χ1) is 12.1. The van der Waals surface area contributed by atoms with Crippen LogP contribution in [-0.2, 0) is 14.8 Å². The number of nitrogens with zero attached hydrogens (tertiary/aromatic N) is 1. The molecule has 0 aromatic carbocycles. The maximum Gasteiger partial charge on any atom is 0.252 e. The number of piperidine rings is 1. The molecule has 1 aliphatic heterocycles. The largest absolute Gasteiger partial charge is 0.353 e. The van der Waals surface area contributed by atoms with Crippen LogP contribution in [-0.4, -0.2) is 37.8 Å². The molecule has 1 aromatic rings. The van der Waals surface area contributed by atoms with Crippen LogP contribution in [0.4, 0.5) is 0 Å². The van der Waals surface area contributed by atoms with E-state index < -0.39 is 10.0 Å². The third-order valence-electron chi connectivity index (χ3n) is 5.37. The molecule has 1 saturated carbocycles. The Balaban J connectivity index is 1.50. The summed E-state index contributed by atoms with van der Waals surface area (Å²) in [6.07, 6.45) is 9.64. The number of nitrogens with one attached hydrogen (secondary N) is 1. The van der Waals surface area contributed by atoms with Gasteiger partial charge in [-0.25, -0.2) is 8.42 Å². The molecule has 7 heteroatoms. The predicted octanol–water partition coefficient (Wildman–Crippen LogP) is 3.38. The summed E-state index contributed by atoms with van der Waals surface area (Å²) in [6, 6.07) is 3.71. The second-order valence-electron chi connectivity index (χ2n) is 7.16. The zero-order valence-corrected chi connectivity index (χ0v) is 16.3. The van der Waals surface area contributed by atoms with Crippen molar-refractivity contribution < 1.29 is 13.2 Å². The van der Waals surface area contributed by atoms with Crippen LogP contribution < -0.4 is 5.32 Å². The number of carbonyl (C=O) groups is 1. The van der Waals surface area contributed by atoms with E-state index in [-0.39, 0.29) is 11.8 Å². The fraction of sp³-hybridized carbons (Fsp3) is 0.722. The highest BCUT2D eigenvalue weighted by atomic mass is 32.2. The van der Waals surface area contributed by atoms with Crippen LogP contribution >= 0.6 is 11.3 Å². The van der Waals surface area contributed by atoms with E-state index in [9.17, 15) is 13.2 Å². The fourth-order valence-electron chi connectivity index (χ4n) is 3.82. The Morgan fingerprint density at radius 3 is 2.28 bits per heavy atom. The van der Waals surface area contributed by atoms with E-state index in [1.165, 1.54) is 47.7 Å². The summed E-state index contributed by atoms with van der Waals surface area (Å²) in [4.78, 5) is 12.6. The van der Waals surface area contributed by atoms with Crippen molar-refractivity contribution in [1.82, 2.24) is 9.62 Å². The molecule has 0 radical (unpaired) electrons. The fourth-order valence-corrected chi connectivity index (χ4v) is 6.43. The van der Waals surface area contributed by atoms with Crippen molar-refractivity contribution in [2.24, 2.45) is 5.92 Å². The lowest BCUT2D eigenvalue weighted by molar-refractivity contribution is -0.127. The van der Waals surface area contributed by atoms with Gasteiger partial charge in [0.1, 0.15) is 4.21 Å². The lowest BCUT2D eigenvalue weighted by Gasteiger charge is -2.31. The van der Waals surface area contributed by atoms with Crippen molar-refractivity contribution in [3.05, 3.63) is 17.5 Å². The third kappa shape index (κ3) is 4.83. The van der Waals surface area contributed by atoms with Gasteiger partial charge in [-0.2, -0.15) is 4.31 Å². The van der Waals surface area contributed by atoms with Gasteiger partial charge in [0, 0.05) is 25.0 Å². The molecular formula is C18H28N2O3S2. The molecule has 2 fully saturated rings. The Morgan fingerprint density at radius 2 is 1.68 bits per heavy atom. The summed E-state index contributed by atoms with van der Waals surface area (Å²) >= 11 is 1.25. The molecule has 1 amide bonds. The van der Waals surface area contributed by atoms with Gasteiger partial charge in [-0.1, -0.05) is 38.2 Å². The molecule has 1 N–H and O–H groups in total. The second kappa shape index (κ2) is 8.64. The number of thiophene rings is 1. The molecule has 2 heterocycles. The van der Waals surface area contributed by atoms with E-state index in [0.29, 0.717) is 36.2 Å². The zero-order valence-electron chi connectivity index (χ0n) is 14.7. The molecule has 1 aliphatic carbocycles. The summed E-state index contributed by atoms with van der Waals surface area (Å²) in [6.45, 7) is 0.867. The van der Waals surface area contributed by atoms with Crippen LogP contribution in [0.25, 0.3) is 0 Å². The molecule has 25 heavy (non-hydrogen) atoms. The van der Waals surface area contributed by atoms with Crippen molar-refractivity contribution >= 4 is 27.3 Å². The highest BCUT2D eigenvalue weighted by Gasteiger charge is 2.33. The van der Waals surface area contributed by atoms with Crippen LogP contribution in [0.1, 0.15) is 57.8 Å². The van der Waals surface area contributed by atoms with Crippen molar-refractivity contribution in [3.8, 4) is 0 Å². The molecule has 1 aromatic heterocycles. The highest BCUT2D eigenvalue weighted by Crippen LogP contribution is 2.27. The summed E-state index contributed by atoms with van der Waals surface area (Å²) < 4.78 is 27.0. The number of sulfonamides is 1. The molecule has 2 aliphatic rings. The minimum absolute atomic E-state index is 0.0553. The van der Waals surface area contributed by atoms with Crippen molar-refractivity contribution in [2.45, 2.75) is 68.0 Å². The van der Waals surface area contributed by atoms with Crippen LogP contribution in [0.5, 0.6) is 0 Å². The predicted molar refractivity (Wildman–Crippen MR) is 100 cm³/mol. The van der Waals surface area contributed by atoms with Crippen LogP contribution in [0.3, 0.4) is 0 Å². The normalized spacial score (nSPS) is 22.2. The van der Waals surface area contributed by atoms with Gasteiger partial charge in [-0.15, -0.1) is 11.3 Å². The second-order valence-corrected chi connectivity index (χ2v) is 10.3. The van der Waals surface area contributed by atoms with Gasteiger partial charge in [0.2, 0.25) is 5.91 Å². The number of carbonyl (C=O) groups excluding carboxylic acids is 1. The average molecular weight is 385 g/mol. The van der Waals surface area contributed by atoms with Crippen LogP contribution in [0.2, 0.25) is 0 Å². The van der Waals surface area contributed by atoms with Crippen LogP contribution in [0, 0.1) is 5.92 Å². The molecule has 1 saturated heterocycles. The molecule has 5 nitrogen and oxygen atoms in total. The van der Waals surface area contributed by atoms with Gasteiger partial charge in [-0.3, -0.25) is 4.79 Å². The third-order valence-corrected chi connectivity index (χ3v) is 8.64. The van der Waals surface area contributed by atoms with E-state index in [4.69, 9.17) is 0 Å². The van der Waals surface area contributed by atoms with E-state index in [0.717, 1.165) is 12.8 Å². The number of hydrogen-bond acceptors (Lipinski definition) is 4. The minimum Gasteiger partial charge on any atom is -0.353 e. The molecule has 140 valence electrons. The SMILES string of the molecule is O=C(NC1CCCCCCC1)C1CCN(S(=O)(=O)c2cccs2)CC1. The first-order valence-electron chi connectivity index (χ1n) is 9.41. The van der Waals surface area contributed by atoms with Gasteiger partial charge >= 0.3 is 0 Å². The molecule has 0 unspecified atom stereocenters. The van der Waals surface area contributed by atoms with E-state index >= 15 is 0 Å². The summed E-state index contributed by atoms with van der Waals surface area (Å²) in [7, 11) is -3.38. The first-order valence-corrected chi connectivity index (χ1v) is 11.7. The van der Waals surface area contributed by atoms with Crippen LogP contribution in [0.15, 0.2) is 21.7 Å². The Bertz CT molecular complexity index is 642. The standard InChI is InChI=1S/C18H28N2O3S2/c21-18(19-16-7-4-2-1-3-5-8-16)15-10-12-20(13-11-15)25(22,23)17-9-6-14-24-17/h6,9,14-16H,1-5,7-8,10-13H2,(H,19,21). The lowest BCUT2D eigenvalue weighted by Crippen LogP contribution is -2.45. The van der Waals surface area contributed by atoms with Crippen molar-refractivity contribution in [1.29, 1.82) is 0 Å². The highest BCUT2D eigenvalue weighted by molar-refractivity contribution is 7.91. The lowest BCUT2D eigenvalue weighted by atomic mass is 9.94. The Morgan fingerprint density at radius 1 is 1.04 bits per heavy atom. The maximum absolute atomic E-state index is 12.6. The van der Waals surface area contributed by atoms with E-state index in [1.54, 1.807) is 17.5 Å². The van der Waals surface area contributed by atoms with Gasteiger partial charge in [0.25, 0.3) is 10.0 Å². The van der Waals surface area contributed by atoms with Crippen molar-refractivity contribution in [2.75, 3.05) is 13.1 Å². The van der Waals surface area contributed by atoms with Gasteiger partial charge in [0.05, 0.1) is 0 Å². The van der Waals surface area contributed by atoms with Gasteiger partial charge < -0.3 is 5.32 Å². The van der Waals surface area contributed by atoms with Gasteiger partial charge in [0.15, 0.2) is 0 Å². The summed E-state index contributed by atoms with van der Waals surface area (Å²) in [5, 5.41) is 5.01. The maximum atomic E-state index is 12.6. The number of amides is 1. The Labute approximate surface area is 154 Å². The summed E-state index contributed by atoms with van der Waals surface area (Å²) in [5.41, 5.74) is 0. The topological polar surface area (TPSA) is 66.5 Å². The summed E-state index contributed by atoms with van der Waals surface area (Å²) in [5.74, 6) is 0.0685. The zero-order chi connectivity index (χ0) is 17.7. The molecular weight excluding hydrogens is 356 g/mol. The quantitative estimate of drug-likeness (QED) is 0.865. The van der Waals surface area contributed by atoms with Crippen molar-refractivity contribution in [3.63, 3.8) is 0 Å². The Hall–Kier alpha value is -0.920. The number of rotatable bonds is 4. The van der Waals surface area contributed by atoms with E-state index in [1.807, 2.05) is 0 Å². The van der Waals surface area contributed by atoms with E-state index in [2.05, 4.69) is 5.32 Å². The first kappa shape index (κ1) is 18.9. The molecule has 3 rings (SSSR count). The number of hydrogen-bond donors (Lipinski definition) is 1. The molecule has 0 atom stereocenters. The Kier molecular flexibility index (Phi) is 6.52.